The molecule has 0 spiro atoms. The third-order valence-electron chi connectivity index (χ3n) is 3.92. The Morgan fingerprint density at radius 2 is 2.04 bits per heavy atom. The molecular weight excluding hydrogens is 308 g/mol. The lowest BCUT2D eigenvalue weighted by Crippen LogP contribution is -2.50. The molecule has 0 bridgehead atoms. The number of amides is 1. The second kappa shape index (κ2) is 8.34. The molecule has 0 saturated carbocycles. The first-order chi connectivity index (χ1) is 11.2. The molecule has 1 N–H and O–H groups in total. The smallest absolute Gasteiger partial charge is 0.310 e. The minimum absolute atomic E-state index is 0.0117. The lowest BCUT2D eigenvalue weighted by atomic mass is 9.90. The van der Waals surface area contributed by atoms with Crippen LogP contribution in [0.4, 0.5) is 0 Å². The van der Waals surface area contributed by atoms with Crippen molar-refractivity contribution in [2.75, 3.05) is 13.7 Å². The zero-order valence-corrected chi connectivity index (χ0v) is 14.8. The van der Waals surface area contributed by atoms with Crippen molar-refractivity contribution in [1.82, 2.24) is 5.32 Å². The van der Waals surface area contributed by atoms with Crippen LogP contribution in [0.25, 0.3) is 0 Å². The minimum Gasteiger partial charge on any atom is -0.496 e. The molecule has 0 aliphatic heterocycles. The molecule has 0 aliphatic rings. The average molecular weight is 332 g/mol. The molecule has 1 rings (SSSR count). The van der Waals surface area contributed by atoms with Gasteiger partial charge < -0.3 is 14.8 Å². The normalized spacial score (nSPS) is 12.9. The van der Waals surface area contributed by atoms with Gasteiger partial charge in [-0.1, -0.05) is 31.5 Å². The Bertz CT molecular complexity index is 649. The van der Waals surface area contributed by atoms with Crippen molar-refractivity contribution in [3.8, 4) is 11.8 Å². The van der Waals surface area contributed by atoms with E-state index in [9.17, 15) is 14.9 Å². The number of esters is 1. The van der Waals surface area contributed by atoms with Gasteiger partial charge in [-0.2, -0.15) is 5.26 Å². The van der Waals surface area contributed by atoms with Gasteiger partial charge in [-0.3, -0.25) is 9.59 Å². The van der Waals surface area contributed by atoms with Crippen LogP contribution in [0.2, 0.25) is 0 Å². The number of methoxy groups -OCH3 is 1. The molecule has 6 nitrogen and oxygen atoms in total. The van der Waals surface area contributed by atoms with Gasteiger partial charge in [-0.25, -0.2) is 0 Å². The van der Waals surface area contributed by atoms with Crippen molar-refractivity contribution in [2.24, 2.45) is 5.92 Å². The van der Waals surface area contributed by atoms with E-state index in [1.54, 1.807) is 13.0 Å². The molecular formula is C18H24N2O4. The van der Waals surface area contributed by atoms with Gasteiger partial charge in [0, 0.05) is 5.56 Å². The number of nitriles is 1. The SMILES string of the molecule is COc1ccc(C)cc1CC(=O)OCC(=O)N[C@@](C)(C#N)C(C)C. The number of hydrogen-bond acceptors (Lipinski definition) is 5. The maximum absolute atomic E-state index is 11.9. The number of hydrogen-bond donors (Lipinski definition) is 1. The highest BCUT2D eigenvalue weighted by Gasteiger charge is 2.30. The molecule has 0 unspecified atom stereocenters. The van der Waals surface area contributed by atoms with Crippen molar-refractivity contribution >= 4 is 11.9 Å². The Morgan fingerprint density at radius 1 is 1.38 bits per heavy atom. The first-order valence-corrected chi connectivity index (χ1v) is 7.73. The van der Waals surface area contributed by atoms with E-state index in [1.165, 1.54) is 7.11 Å². The van der Waals surface area contributed by atoms with Gasteiger partial charge in [0.1, 0.15) is 11.3 Å². The Balaban J connectivity index is 2.60. The number of benzene rings is 1. The number of ether oxygens (including phenoxy) is 2. The van der Waals surface area contributed by atoms with Gasteiger partial charge in [0.2, 0.25) is 0 Å². The molecule has 0 heterocycles. The van der Waals surface area contributed by atoms with Gasteiger partial charge in [0.15, 0.2) is 6.61 Å². The number of nitrogens with one attached hydrogen (secondary N) is 1. The van der Waals surface area contributed by atoms with E-state index >= 15 is 0 Å². The van der Waals surface area contributed by atoms with Crippen molar-refractivity contribution in [3.63, 3.8) is 0 Å². The molecule has 1 atom stereocenters. The second-order valence-corrected chi connectivity index (χ2v) is 6.17. The number of rotatable bonds is 7. The molecule has 0 aromatic heterocycles. The predicted molar refractivity (Wildman–Crippen MR) is 89.4 cm³/mol. The summed E-state index contributed by atoms with van der Waals surface area (Å²) in [5.41, 5.74) is 0.702. The molecule has 1 aromatic carbocycles. The minimum atomic E-state index is -0.997. The standard InChI is InChI=1S/C18H24N2O4/c1-12(2)18(4,11-19)20-16(21)10-24-17(22)9-14-8-13(3)6-7-15(14)23-5/h6-8,12H,9-10H2,1-5H3,(H,20,21)/t18-/m0/s1. The molecule has 6 heteroatoms. The van der Waals surface area contributed by atoms with Crippen LogP contribution in [0.15, 0.2) is 18.2 Å². The third kappa shape index (κ3) is 5.27. The average Bonchev–Trinajstić information content (AvgIpc) is 2.53. The number of carbonyl (C=O) groups excluding carboxylic acids is 2. The zero-order chi connectivity index (χ0) is 18.3. The number of carbonyl (C=O) groups is 2. The molecule has 24 heavy (non-hydrogen) atoms. The third-order valence-corrected chi connectivity index (χ3v) is 3.92. The van der Waals surface area contributed by atoms with E-state index in [2.05, 4.69) is 11.4 Å². The molecule has 1 aromatic rings. The fourth-order valence-electron chi connectivity index (χ4n) is 2.03. The monoisotopic (exact) mass is 332 g/mol. The molecule has 0 saturated heterocycles. The highest BCUT2D eigenvalue weighted by Crippen LogP contribution is 2.20. The van der Waals surface area contributed by atoms with E-state index in [-0.39, 0.29) is 12.3 Å². The first-order valence-electron chi connectivity index (χ1n) is 7.73. The summed E-state index contributed by atoms with van der Waals surface area (Å²) < 4.78 is 10.2. The van der Waals surface area contributed by atoms with Crippen molar-refractivity contribution < 1.29 is 19.1 Å². The fraction of sp³-hybridized carbons (Fsp3) is 0.500. The zero-order valence-electron chi connectivity index (χ0n) is 14.8. The Hall–Kier alpha value is -2.55. The van der Waals surface area contributed by atoms with Crippen LogP contribution in [-0.4, -0.2) is 31.1 Å². The summed E-state index contributed by atoms with van der Waals surface area (Å²) in [6.07, 6.45) is 0.0117. The lowest BCUT2D eigenvalue weighted by Gasteiger charge is -2.27. The summed E-state index contributed by atoms with van der Waals surface area (Å²) in [7, 11) is 1.53. The van der Waals surface area contributed by atoms with E-state index in [4.69, 9.17) is 9.47 Å². The summed E-state index contributed by atoms with van der Waals surface area (Å²) >= 11 is 0. The van der Waals surface area contributed by atoms with E-state index in [0.717, 1.165) is 5.56 Å². The van der Waals surface area contributed by atoms with Crippen molar-refractivity contribution in [1.29, 1.82) is 5.26 Å². The highest BCUT2D eigenvalue weighted by atomic mass is 16.5. The van der Waals surface area contributed by atoms with Gasteiger partial charge in [0.25, 0.3) is 5.91 Å². The van der Waals surface area contributed by atoms with Crippen LogP contribution in [0.1, 0.15) is 31.9 Å². The molecule has 1 amide bonds. The van der Waals surface area contributed by atoms with Crippen LogP contribution < -0.4 is 10.1 Å². The summed E-state index contributed by atoms with van der Waals surface area (Å²) in [5, 5.41) is 11.8. The highest BCUT2D eigenvalue weighted by molar-refractivity contribution is 5.82. The van der Waals surface area contributed by atoms with Crippen LogP contribution in [0.3, 0.4) is 0 Å². The summed E-state index contributed by atoms with van der Waals surface area (Å²) in [6.45, 7) is 6.79. The fourth-order valence-corrected chi connectivity index (χ4v) is 2.03. The van der Waals surface area contributed by atoms with Crippen LogP contribution in [-0.2, 0) is 20.7 Å². The van der Waals surface area contributed by atoms with Gasteiger partial charge in [-0.15, -0.1) is 0 Å². The number of aryl methyl sites for hydroxylation is 1. The number of nitrogens with zero attached hydrogens (tertiary/aromatic N) is 1. The van der Waals surface area contributed by atoms with E-state index in [0.29, 0.717) is 11.3 Å². The molecule has 0 fully saturated rings. The van der Waals surface area contributed by atoms with Crippen LogP contribution in [0.5, 0.6) is 5.75 Å². The van der Waals surface area contributed by atoms with Crippen molar-refractivity contribution in [3.05, 3.63) is 29.3 Å². The van der Waals surface area contributed by atoms with E-state index in [1.807, 2.05) is 32.9 Å². The lowest BCUT2D eigenvalue weighted by molar-refractivity contribution is -0.148. The largest absolute Gasteiger partial charge is 0.496 e. The maximum Gasteiger partial charge on any atom is 0.310 e. The van der Waals surface area contributed by atoms with Gasteiger partial charge in [0.05, 0.1) is 19.6 Å². The second-order valence-electron chi connectivity index (χ2n) is 6.17. The van der Waals surface area contributed by atoms with Crippen LogP contribution in [0, 0.1) is 24.2 Å². The molecule has 0 aliphatic carbocycles. The Labute approximate surface area is 142 Å². The summed E-state index contributed by atoms with van der Waals surface area (Å²) in [6, 6.07) is 7.58. The molecule has 130 valence electrons. The quantitative estimate of drug-likeness (QED) is 0.773. The maximum atomic E-state index is 11.9. The Kier molecular flexibility index (Phi) is 6.78. The first kappa shape index (κ1) is 19.5. The van der Waals surface area contributed by atoms with Gasteiger partial charge in [-0.05, 0) is 25.8 Å². The topological polar surface area (TPSA) is 88.4 Å². The van der Waals surface area contributed by atoms with Crippen molar-refractivity contribution in [2.45, 2.75) is 39.7 Å². The summed E-state index contributed by atoms with van der Waals surface area (Å²) in [5.74, 6) is -0.507. The Morgan fingerprint density at radius 3 is 2.58 bits per heavy atom. The van der Waals surface area contributed by atoms with Gasteiger partial charge >= 0.3 is 5.97 Å². The van der Waals surface area contributed by atoms with Crippen LogP contribution >= 0.6 is 0 Å². The summed E-state index contributed by atoms with van der Waals surface area (Å²) in [4.78, 5) is 23.8. The molecule has 0 radical (unpaired) electrons. The predicted octanol–water partition coefficient (Wildman–Crippen LogP) is 2.14. The van der Waals surface area contributed by atoms with E-state index < -0.39 is 24.0 Å².